The number of hydrogen-bond donors (Lipinski definition) is 2. The lowest BCUT2D eigenvalue weighted by Crippen LogP contribution is -2.25. The second-order valence-electron chi connectivity index (χ2n) is 8.02. The van der Waals surface area contributed by atoms with Crippen LogP contribution in [0.15, 0.2) is 55.0 Å². The highest BCUT2D eigenvalue weighted by atomic mass is 31.0. The van der Waals surface area contributed by atoms with Crippen LogP contribution in [0.1, 0.15) is 27.2 Å². The molecule has 0 fully saturated rings. The van der Waals surface area contributed by atoms with E-state index < -0.39 is 0 Å². The van der Waals surface area contributed by atoms with Crippen molar-refractivity contribution >= 4 is 43.1 Å². The predicted molar refractivity (Wildman–Crippen MR) is 136 cm³/mol. The number of nitrogens with zero attached hydrogens (tertiary/aromatic N) is 3. The molecule has 8 nitrogen and oxygen atoms in total. The molecule has 9 heteroatoms. The molecule has 0 saturated heterocycles. The van der Waals surface area contributed by atoms with Crippen molar-refractivity contribution < 1.29 is 14.3 Å². The van der Waals surface area contributed by atoms with Crippen LogP contribution < -0.4 is 20.7 Å². The number of aryl methyl sites for hydroxylation is 2. The van der Waals surface area contributed by atoms with E-state index in [1.54, 1.807) is 24.9 Å². The zero-order valence-electron chi connectivity index (χ0n) is 19.3. The first-order valence-corrected chi connectivity index (χ1v) is 11.3. The molecule has 0 saturated carbocycles. The predicted octanol–water partition coefficient (Wildman–Crippen LogP) is 2.90. The molecule has 0 spiro atoms. The first kappa shape index (κ1) is 23.4. The number of rotatable bonds is 7. The van der Waals surface area contributed by atoms with Gasteiger partial charge < -0.3 is 19.9 Å². The molecule has 4 rings (SSSR count). The fraction of sp³-hybridized carbons (Fsp3) is 0.200. The number of benzene rings is 2. The number of carbonyl (C=O) groups excluding carboxylic acids is 2. The summed E-state index contributed by atoms with van der Waals surface area (Å²) in [4.78, 5) is 34.2. The molecule has 1 unspecified atom stereocenters. The number of hydrogen-bond acceptors (Lipinski definition) is 5. The lowest BCUT2D eigenvalue weighted by Gasteiger charge is -2.08. The number of nitrogens with one attached hydrogen (secondary N) is 2. The molecule has 0 radical (unpaired) electrons. The Kier molecular flexibility index (Phi) is 6.89. The minimum absolute atomic E-state index is 0.181. The van der Waals surface area contributed by atoms with Crippen molar-refractivity contribution in [3.63, 3.8) is 0 Å². The quantitative estimate of drug-likeness (QED) is 0.401. The molecular formula is C25H26N5O3P. The summed E-state index contributed by atoms with van der Waals surface area (Å²) in [7, 11) is 6.07. The topological polar surface area (TPSA) is 98.1 Å². The normalized spacial score (nSPS) is 10.8. The number of fused-ring (bicyclic) bond motifs is 1. The van der Waals surface area contributed by atoms with Gasteiger partial charge in [0.05, 0.1) is 19.2 Å². The van der Waals surface area contributed by atoms with Gasteiger partial charge in [0, 0.05) is 19.8 Å². The molecule has 2 heterocycles. The minimum atomic E-state index is -0.310. The Morgan fingerprint density at radius 2 is 1.94 bits per heavy atom. The minimum Gasteiger partial charge on any atom is -0.497 e. The highest BCUT2D eigenvalue weighted by molar-refractivity contribution is 7.27. The van der Waals surface area contributed by atoms with Crippen molar-refractivity contribution in [1.82, 2.24) is 19.9 Å². The second-order valence-corrected chi connectivity index (χ2v) is 8.65. The molecule has 1 atom stereocenters. The van der Waals surface area contributed by atoms with Crippen LogP contribution in [0.4, 0.5) is 5.69 Å². The Labute approximate surface area is 200 Å². The van der Waals surface area contributed by atoms with E-state index in [2.05, 4.69) is 29.8 Å². The highest BCUT2D eigenvalue weighted by Crippen LogP contribution is 2.25. The molecule has 0 aliphatic rings. The number of methoxy groups -OCH3 is 1. The molecule has 0 aliphatic carbocycles. The SMILES string of the molecule is COc1cccc(CC(=O)Nc2cn(C)c3c(C(=O)NCc4ccc(P)c(C)c4)ncnc23)c1. The third kappa shape index (κ3) is 5.07. The fourth-order valence-corrected chi connectivity index (χ4v) is 3.94. The lowest BCUT2D eigenvalue weighted by molar-refractivity contribution is -0.115. The van der Waals surface area contributed by atoms with Crippen LogP contribution in [0.3, 0.4) is 0 Å². The third-order valence-corrected chi connectivity index (χ3v) is 6.18. The van der Waals surface area contributed by atoms with Gasteiger partial charge in [-0.15, -0.1) is 9.24 Å². The van der Waals surface area contributed by atoms with E-state index in [0.717, 1.165) is 22.0 Å². The first-order chi connectivity index (χ1) is 16.4. The van der Waals surface area contributed by atoms with Gasteiger partial charge in [-0.3, -0.25) is 9.59 Å². The Bertz CT molecular complexity index is 1380. The van der Waals surface area contributed by atoms with Crippen LogP contribution in [0.5, 0.6) is 5.75 Å². The van der Waals surface area contributed by atoms with E-state index >= 15 is 0 Å². The third-order valence-electron chi connectivity index (χ3n) is 5.53. The van der Waals surface area contributed by atoms with E-state index in [0.29, 0.717) is 29.0 Å². The van der Waals surface area contributed by atoms with Crippen molar-refractivity contribution in [3.8, 4) is 5.75 Å². The zero-order valence-corrected chi connectivity index (χ0v) is 20.4. The monoisotopic (exact) mass is 475 g/mol. The number of aromatic nitrogens is 3. The van der Waals surface area contributed by atoms with Gasteiger partial charge in [-0.2, -0.15) is 0 Å². The van der Waals surface area contributed by atoms with Gasteiger partial charge in [0.15, 0.2) is 5.69 Å². The first-order valence-electron chi connectivity index (χ1n) is 10.7. The van der Waals surface area contributed by atoms with Crippen LogP contribution in [-0.2, 0) is 24.8 Å². The van der Waals surface area contributed by atoms with Crippen LogP contribution in [-0.4, -0.2) is 33.5 Å². The number of carbonyl (C=O) groups is 2. The second kappa shape index (κ2) is 10.0. The van der Waals surface area contributed by atoms with Crippen molar-refractivity contribution in [2.75, 3.05) is 12.4 Å². The summed E-state index contributed by atoms with van der Waals surface area (Å²) in [6, 6.07) is 13.4. The Hall–Kier alpha value is -3.77. The lowest BCUT2D eigenvalue weighted by atomic mass is 10.1. The Balaban J connectivity index is 1.51. The van der Waals surface area contributed by atoms with Gasteiger partial charge in [-0.05, 0) is 41.1 Å². The molecule has 174 valence electrons. The van der Waals surface area contributed by atoms with E-state index in [1.165, 1.54) is 6.33 Å². The number of amides is 2. The van der Waals surface area contributed by atoms with Crippen molar-refractivity contribution in [2.45, 2.75) is 19.9 Å². The van der Waals surface area contributed by atoms with Crippen molar-refractivity contribution in [3.05, 3.63) is 77.4 Å². The van der Waals surface area contributed by atoms with E-state index in [4.69, 9.17) is 4.74 Å². The van der Waals surface area contributed by atoms with Crippen molar-refractivity contribution in [2.24, 2.45) is 7.05 Å². The van der Waals surface area contributed by atoms with Gasteiger partial charge in [0.1, 0.15) is 23.1 Å². The molecule has 2 aromatic carbocycles. The van der Waals surface area contributed by atoms with Gasteiger partial charge in [0.2, 0.25) is 5.91 Å². The summed E-state index contributed by atoms with van der Waals surface area (Å²) < 4.78 is 6.97. The highest BCUT2D eigenvalue weighted by Gasteiger charge is 2.19. The van der Waals surface area contributed by atoms with E-state index in [-0.39, 0.29) is 23.9 Å². The summed E-state index contributed by atoms with van der Waals surface area (Å²) in [5, 5.41) is 6.95. The maximum atomic E-state index is 13.0. The van der Waals surface area contributed by atoms with Gasteiger partial charge in [-0.25, -0.2) is 9.97 Å². The molecule has 2 aromatic heterocycles. The maximum absolute atomic E-state index is 13.0. The summed E-state index contributed by atoms with van der Waals surface area (Å²) in [6.07, 6.45) is 3.25. The fourth-order valence-electron chi connectivity index (χ4n) is 3.76. The van der Waals surface area contributed by atoms with Crippen LogP contribution in [0.2, 0.25) is 0 Å². The van der Waals surface area contributed by atoms with Gasteiger partial charge in [0.25, 0.3) is 5.91 Å². The average Bonchev–Trinajstić information content (AvgIpc) is 3.14. The van der Waals surface area contributed by atoms with E-state index in [1.807, 2.05) is 49.4 Å². The molecular weight excluding hydrogens is 449 g/mol. The van der Waals surface area contributed by atoms with Crippen LogP contribution in [0, 0.1) is 6.92 Å². The molecule has 2 amide bonds. The Morgan fingerprint density at radius 1 is 1.12 bits per heavy atom. The Morgan fingerprint density at radius 3 is 2.71 bits per heavy atom. The van der Waals surface area contributed by atoms with E-state index in [9.17, 15) is 9.59 Å². The van der Waals surface area contributed by atoms with Gasteiger partial charge in [-0.1, -0.05) is 30.3 Å². The maximum Gasteiger partial charge on any atom is 0.272 e. The summed E-state index contributed by atoms with van der Waals surface area (Å²) in [6.45, 7) is 2.40. The summed E-state index contributed by atoms with van der Waals surface area (Å²) in [5.41, 5.74) is 4.79. The molecule has 0 aliphatic heterocycles. The van der Waals surface area contributed by atoms with Crippen LogP contribution in [0.25, 0.3) is 11.0 Å². The molecule has 2 N–H and O–H groups in total. The summed E-state index contributed by atoms with van der Waals surface area (Å²) >= 11 is 0. The van der Waals surface area contributed by atoms with Gasteiger partial charge >= 0.3 is 0 Å². The van der Waals surface area contributed by atoms with Crippen molar-refractivity contribution in [1.29, 1.82) is 0 Å². The largest absolute Gasteiger partial charge is 0.497 e. The molecule has 4 aromatic rings. The number of anilines is 1. The zero-order chi connectivity index (χ0) is 24.2. The standard InChI is InChI=1S/C25H26N5O3P/c1-15-9-17(7-8-20(15)34)12-26-25(32)23-24-22(27-14-28-23)19(13-30(24)2)29-21(31)11-16-5-4-6-18(10-16)33-3/h4-10,13-14H,11-12,34H2,1-3H3,(H,26,32)(H,29,31). The molecule has 0 bridgehead atoms. The average molecular weight is 475 g/mol. The van der Waals surface area contributed by atoms with Crippen LogP contribution >= 0.6 is 9.24 Å². The summed E-state index contributed by atoms with van der Waals surface area (Å²) in [5.74, 6) is 0.187. The number of ether oxygens (including phenoxy) is 1. The molecule has 34 heavy (non-hydrogen) atoms. The smallest absolute Gasteiger partial charge is 0.272 e.